The first-order valence-corrected chi connectivity index (χ1v) is 12.6. The van der Waals surface area contributed by atoms with Crippen LogP contribution in [-0.4, -0.2) is 59.9 Å². The summed E-state index contributed by atoms with van der Waals surface area (Å²) >= 11 is 0. The molecule has 0 spiro atoms. The lowest BCUT2D eigenvalue weighted by atomic mass is 10.0. The van der Waals surface area contributed by atoms with Gasteiger partial charge in [0.1, 0.15) is 5.69 Å². The Morgan fingerprint density at radius 3 is 2.51 bits per heavy atom. The van der Waals surface area contributed by atoms with Crippen LogP contribution in [0.3, 0.4) is 0 Å². The molecule has 10 heteroatoms. The number of piperazine rings is 1. The molecule has 0 aliphatic carbocycles. The molecule has 39 heavy (non-hydrogen) atoms. The van der Waals surface area contributed by atoms with Gasteiger partial charge in [0.05, 0.1) is 5.56 Å². The van der Waals surface area contributed by atoms with Gasteiger partial charge in [0.2, 0.25) is 0 Å². The second kappa shape index (κ2) is 10.6. The van der Waals surface area contributed by atoms with E-state index in [9.17, 15) is 18.0 Å². The molecule has 7 nitrogen and oxygen atoms in total. The topological polar surface area (TPSA) is 64.7 Å². The number of likely N-dealkylation sites (N-methyl/N-ethyl adjacent to an activating group) is 1. The van der Waals surface area contributed by atoms with Gasteiger partial charge in [0, 0.05) is 62.5 Å². The molecule has 0 radical (unpaired) electrons. The Kier molecular flexibility index (Phi) is 7.21. The van der Waals surface area contributed by atoms with Gasteiger partial charge in [-0.1, -0.05) is 28.1 Å². The predicted molar refractivity (Wildman–Crippen MR) is 142 cm³/mol. The molecular weight excluding hydrogens is 505 g/mol. The zero-order chi connectivity index (χ0) is 27.7. The Balaban J connectivity index is 1.33. The number of hydrogen-bond acceptors (Lipinski definition) is 5. The molecular formula is C29H28F3N6O+. The molecule has 1 N–H and O–H groups in total. The molecule has 1 aromatic heterocycles. The van der Waals surface area contributed by atoms with E-state index >= 15 is 0 Å². The predicted octanol–water partition coefficient (Wildman–Crippen LogP) is 4.01. The van der Waals surface area contributed by atoms with Crippen LogP contribution in [0, 0.1) is 18.8 Å². The lowest BCUT2D eigenvalue weighted by Crippen LogP contribution is -2.51. The first-order valence-electron chi connectivity index (χ1n) is 12.6. The van der Waals surface area contributed by atoms with Crippen LogP contribution in [0.5, 0.6) is 0 Å². The number of aliphatic imine (C=N–C) groups is 1. The van der Waals surface area contributed by atoms with Crippen LogP contribution in [0.15, 0.2) is 53.5 Å². The standard InChI is InChI=1S/C29H27F3N6O/c1-19-4-5-22(16-21(19)6-8-24-10-11-27-33-20(2)38(27)35-24)28(39)34-25-9-7-23(26(17-25)29(30,31)32)18-37-14-12-36(3)13-15-37/h4-5,7,9-11,16-17H,12-15,18H2,1-3H3/p+1. The average Bonchev–Trinajstić information content (AvgIpc) is 2.89. The monoisotopic (exact) mass is 533 g/mol. The molecule has 2 aromatic carbocycles. The molecule has 0 unspecified atom stereocenters. The van der Waals surface area contributed by atoms with E-state index in [1.54, 1.807) is 28.9 Å². The van der Waals surface area contributed by atoms with Crippen LogP contribution >= 0.6 is 0 Å². The average molecular weight is 534 g/mol. The minimum Gasteiger partial charge on any atom is -0.322 e. The fourth-order valence-corrected chi connectivity index (χ4v) is 4.51. The number of carbonyl (C=O) groups excluding carboxylic acids is 1. The van der Waals surface area contributed by atoms with E-state index in [0.717, 1.165) is 36.4 Å². The summed E-state index contributed by atoms with van der Waals surface area (Å²) in [5.41, 5.74) is 1.88. The van der Waals surface area contributed by atoms with E-state index in [0.29, 0.717) is 29.9 Å². The highest BCUT2D eigenvalue weighted by Gasteiger charge is 2.34. The number of amides is 1. The van der Waals surface area contributed by atoms with Crippen LogP contribution in [0.1, 0.15) is 45.2 Å². The summed E-state index contributed by atoms with van der Waals surface area (Å²) in [4.78, 5) is 21.4. The van der Waals surface area contributed by atoms with Crippen molar-refractivity contribution in [3.05, 3.63) is 82.0 Å². The third-order valence-electron chi connectivity index (χ3n) is 6.89. The van der Waals surface area contributed by atoms with Crippen LogP contribution in [0.25, 0.3) is 0 Å². The molecule has 2 aliphatic heterocycles. The number of carbonyl (C=O) groups is 1. The Hall–Kier alpha value is -4.07. The van der Waals surface area contributed by atoms with Crippen LogP contribution < -0.4 is 10.00 Å². The molecule has 3 heterocycles. The number of benzene rings is 2. The number of hydrogen-bond donors (Lipinski definition) is 1. The summed E-state index contributed by atoms with van der Waals surface area (Å²) in [6.45, 7) is 6.98. The number of nitrogens with one attached hydrogen (secondary N) is 1. The van der Waals surface area contributed by atoms with Gasteiger partial charge in [-0.25, -0.2) is 0 Å². The molecule has 1 fully saturated rings. The Bertz CT molecular complexity index is 1530. The maximum atomic E-state index is 13.9. The second-order valence-electron chi connectivity index (χ2n) is 9.83. The van der Waals surface area contributed by atoms with Crippen molar-refractivity contribution in [1.29, 1.82) is 0 Å². The fraction of sp³-hybridized carbons (Fsp3) is 0.310. The summed E-state index contributed by atoms with van der Waals surface area (Å²) in [5.74, 6) is 7.08. The molecule has 0 atom stereocenters. The molecule has 0 bridgehead atoms. The van der Waals surface area contributed by atoms with Crippen molar-refractivity contribution in [1.82, 2.24) is 14.9 Å². The van der Waals surface area contributed by atoms with Crippen molar-refractivity contribution in [3.8, 4) is 11.8 Å². The van der Waals surface area contributed by atoms with Crippen molar-refractivity contribution in [2.24, 2.45) is 4.99 Å². The highest BCUT2D eigenvalue weighted by atomic mass is 19.4. The van der Waals surface area contributed by atoms with Gasteiger partial charge in [0.25, 0.3) is 17.6 Å². The summed E-state index contributed by atoms with van der Waals surface area (Å²) in [5, 5.41) is 7.03. The van der Waals surface area contributed by atoms with Crippen molar-refractivity contribution in [2.75, 3.05) is 38.5 Å². The maximum absolute atomic E-state index is 13.9. The van der Waals surface area contributed by atoms with E-state index in [1.165, 1.54) is 12.1 Å². The Labute approximate surface area is 225 Å². The molecule has 200 valence electrons. The van der Waals surface area contributed by atoms with Crippen LogP contribution in [-0.2, 0) is 12.7 Å². The first-order chi connectivity index (χ1) is 18.6. The summed E-state index contributed by atoms with van der Waals surface area (Å²) < 4.78 is 43.5. The van der Waals surface area contributed by atoms with E-state index < -0.39 is 17.6 Å². The Morgan fingerprint density at radius 2 is 1.79 bits per heavy atom. The normalized spacial score (nSPS) is 15.5. The van der Waals surface area contributed by atoms with Gasteiger partial charge < -0.3 is 10.2 Å². The number of alkyl halides is 3. The number of fused-ring (bicyclic) bond motifs is 1. The van der Waals surface area contributed by atoms with E-state index in [4.69, 9.17) is 0 Å². The number of aryl methyl sites for hydroxylation is 1. The summed E-state index contributed by atoms with van der Waals surface area (Å²) in [6.07, 6.45) is -4.54. The molecule has 1 amide bonds. The smallest absolute Gasteiger partial charge is 0.322 e. The minimum atomic E-state index is -4.54. The Morgan fingerprint density at radius 1 is 1.03 bits per heavy atom. The lowest BCUT2D eigenvalue weighted by Gasteiger charge is -2.33. The quantitative estimate of drug-likeness (QED) is 0.407. The van der Waals surface area contributed by atoms with Crippen molar-refractivity contribution in [3.63, 3.8) is 0 Å². The van der Waals surface area contributed by atoms with Gasteiger partial charge in [-0.15, -0.1) is 4.68 Å². The van der Waals surface area contributed by atoms with E-state index in [1.807, 2.05) is 31.9 Å². The summed E-state index contributed by atoms with van der Waals surface area (Å²) in [7, 11) is 2.00. The van der Waals surface area contributed by atoms with Gasteiger partial charge in [-0.3, -0.25) is 9.69 Å². The zero-order valence-electron chi connectivity index (χ0n) is 21.9. The number of anilines is 1. The van der Waals surface area contributed by atoms with Crippen LogP contribution in [0.2, 0.25) is 0 Å². The van der Waals surface area contributed by atoms with Gasteiger partial charge >= 0.3 is 6.18 Å². The fourth-order valence-electron chi connectivity index (χ4n) is 4.51. The van der Waals surface area contributed by atoms with Gasteiger partial charge in [0.15, 0.2) is 0 Å². The summed E-state index contributed by atoms with van der Waals surface area (Å²) in [6, 6.07) is 12.6. The maximum Gasteiger partial charge on any atom is 0.416 e. The third-order valence-corrected chi connectivity index (χ3v) is 6.89. The molecule has 3 aromatic rings. The highest BCUT2D eigenvalue weighted by molar-refractivity contribution is 6.04. The molecule has 0 saturated carbocycles. The van der Waals surface area contributed by atoms with Crippen molar-refractivity contribution < 1.29 is 22.6 Å². The molecule has 1 saturated heterocycles. The third kappa shape index (κ3) is 6.00. The zero-order valence-corrected chi connectivity index (χ0v) is 21.9. The molecule has 2 aliphatic rings. The highest BCUT2D eigenvalue weighted by Crippen LogP contribution is 2.34. The van der Waals surface area contributed by atoms with E-state index in [-0.39, 0.29) is 17.8 Å². The number of nitrogens with zero attached hydrogens (tertiary/aromatic N) is 5. The second-order valence-corrected chi connectivity index (χ2v) is 9.83. The van der Waals surface area contributed by atoms with Gasteiger partial charge in [-0.2, -0.15) is 13.2 Å². The van der Waals surface area contributed by atoms with Gasteiger partial charge in [-0.05, 0) is 61.4 Å². The first kappa shape index (κ1) is 26.5. The van der Waals surface area contributed by atoms with Crippen LogP contribution in [0.4, 0.5) is 24.7 Å². The molecule has 5 rings (SSSR count). The number of rotatable bonds is 4. The minimum absolute atomic E-state index is 0.0861. The van der Waals surface area contributed by atoms with Crippen molar-refractivity contribution in [2.45, 2.75) is 26.6 Å². The number of aromatic nitrogens is 2. The number of halogens is 3. The largest absolute Gasteiger partial charge is 0.416 e. The lowest BCUT2D eigenvalue weighted by molar-refractivity contribution is -0.624. The van der Waals surface area contributed by atoms with Crippen molar-refractivity contribution >= 4 is 23.2 Å². The SMILES string of the molecule is CC1=Nc2ccc(C#Cc3cc(C(=O)Nc4ccc(CN5CCN(C)CC5)c(C(F)(F)F)c4)ccc3C)n[n+]21. The van der Waals surface area contributed by atoms with E-state index in [2.05, 4.69) is 32.1 Å².